The van der Waals surface area contributed by atoms with Crippen LogP contribution in [0.15, 0.2) is 28.9 Å². The molecular formula is C16H10ClF4N3O2. The smallest absolute Gasteiger partial charge is 0.383 e. The van der Waals surface area contributed by atoms with Gasteiger partial charge in [0.2, 0.25) is 0 Å². The summed E-state index contributed by atoms with van der Waals surface area (Å²) in [7, 11) is 2.75. The first-order valence-electron chi connectivity index (χ1n) is 6.92. The van der Waals surface area contributed by atoms with Gasteiger partial charge in [-0.25, -0.2) is 4.39 Å². The Morgan fingerprint density at radius 1 is 1.38 bits per heavy atom. The maximum Gasteiger partial charge on any atom is 0.455 e. The topological polar surface area (TPSA) is 70.1 Å². The highest BCUT2D eigenvalue weighted by atomic mass is 35.5. The number of aromatic nitrogens is 1. The van der Waals surface area contributed by atoms with Crippen LogP contribution in [-0.4, -0.2) is 36.1 Å². The lowest BCUT2D eigenvalue weighted by molar-refractivity contribution is -0.164. The van der Waals surface area contributed by atoms with Crippen molar-refractivity contribution < 1.29 is 26.9 Å². The number of hydrogen-bond acceptors (Lipinski definition) is 5. The number of carbonyl (C=O) groups excluding carboxylic acids is 1. The highest BCUT2D eigenvalue weighted by molar-refractivity contribution is 6.33. The quantitative estimate of drug-likeness (QED) is 0.585. The van der Waals surface area contributed by atoms with Gasteiger partial charge in [0.1, 0.15) is 23.1 Å². The van der Waals surface area contributed by atoms with Crippen molar-refractivity contribution >= 4 is 23.0 Å². The summed E-state index contributed by atoms with van der Waals surface area (Å²) in [6.07, 6.45) is -4.37. The second-order valence-corrected chi connectivity index (χ2v) is 5.68. The van der Waals surface area contributed by atoms with Crippen LogP contribution in [-0.2, 0) is 4.79 Å². The lowest BCUT2D eigenvalue weighted by Gasteiger charge is -2.11. The minimum Gasteiger partial charge on any atom is -0.383 e. The fourth-order valence-corrected chi connectivity index (χ4v) is 2.36. The van der Waals surface area contributed by atoms with E-state index in [1.54, 1.807) is 6.07 Å². The molecular weight excluding hydrogens is 378 g/mol. The van der Waals surface area contributed by atoms with E-state index >= 15 is 0 Å². The largest absolute Gasteiger partial charge is 0.455 e. The summed E-state index contributed by atoms with van der Waals surface area (Å²) in [5.74, 6) is -3.81. The summed E-state index contributed by atoms with van der Waals surface area (Å²) < 4.78 is 57.6. The molecule has 0 N–H and O–H groups in total. The molecule has 0 amide bonds. The number of hydrogen-bond donors (Lipinski definition) is 0. The molecule has 1 aromatic carbocycles. The van der Waals surface area contributed by atoms with Gasteiger partial charge in [-0.3, -0.25) is 4.79 Å². The molecule has 1 aromatic heterocycles. The zero-order valence-electron chi connectivity index (χ0n) is 13.4. The number of rotatable bonds is 4. The first-order chi connectivity index (χ1) is 12.1. The van der Waals surface area contributed by atoms with Crippen LogP contribution in [0, 0.1) is 17.1 Å². The Kier molecular flexibility index (Phi) is 5.37. The third-order valence-electron chi connectivity index (χ3n) is 3.14. The zero-order valence-corrected chi connectivity index (χ0v) is 14.1. The molecule has 5 nitrogen and oxygen atoms in total. The Bertz CT molecular complexity index is 906. The SMILES string of the molecule is CN(C)/C=C(\C(=O)C(F)(F)F)c1onc(-c2c(F)cccc2Cl)c1C#N. The summed E-state index contributed by atoms with van der Waals surface area (Å²) >= 11 is 5.90. The molecule has 2 aromatic rings. The van der Waals surface area contributed by atoms with Crippen molar-refractivity contribution in [1.29, 1.82) is 5.26 Å². The molecule has 10 heteroatoms. The third kappa shape index (κ3) is 3.70. The lowest BCUT2D eigenvalue weighted by atomic mass is 10.0. The summed E-state index contributed by atoms with van der Waals surface area (Å²) in [4.78, 5) is 12.9. The van der Waals surface area contributed by atoms with Crippen LogP contribution >= 0.6 is 11.6 Å². The first kappa shape index (κ1) is 19.5. The molecule has 0 atom stereocenters. The maximum atomic E-state index is 14.1. The molecule has 0 aliphatic carbocycles. The van der Waals surface area contributed by atoms with Crippen LogP contribution in [0.3, 0.4) is 0 Å². The number of Topliss-reactive ketones (excluding diaryl/α,β-unsaturated/α-hetero) is 1. The van der Waals surface area contributed by atoms with E-state index in [-0.39, 0.29) is 10.6 Å². The predicted octanol–water partition coefficient (Wildman–Crippen LogP) is 4.04. The van der Waals surface area contributed by atoms with E-state index < -0.39 is 40.4 Å². The predicted molar refractivity (Wildman–Crippen MR) is 84.3 cm³/mol. The molecule has 2 rings (SSSR count). The fourth-order valence-electron chi connectivity index (χ4n) is 2.10. The van der Waals surface area contributed by atoms with Crippen molar-refractivity contribution in [3.8, 4) is 17.3 Å². The van der Waals surface area contributed by atoms with E-state index in [1.165, 1.54) is 31.1 Å². The molecule has 1 heterocycles. The van der Waals surface area contributed by atoms with E-state index in [0.29, 0.717) is 0 Å². The summed E-state index contributed by atoms with van der Waals surface area (Å²) in [5, 5.41) is 12.7. The van der Waals surface area contributed by atoms with E-state index in [2.05, 4.69) is 5.16 Å². The number of carbonyl (C=O) groups is 1. The Hall–Kier alpha value is -2.86. The minimum atomic E-state index is -5.21. The molecule has 0 spiro atoms. The van der Waals surface area contributed by atoms with E-state index in [0.717, 1.165) is 12.3 Å². The van der Waals surface area contributed by atoms with Gasteiger partial charge in [-0.15, -0.1) is 0 Å². The molecule has 136 valence electrons. The monoisotopic (exact) mass is 387 g/mol. The lowest BCUT2D eigenvalue weighted by Crippen LogP contribution is -2.25. The molecule has 0 fully saturated rings. The van der Waals surface area contributed by atoms with Gasteiger partial charge in [0.15, 0.2) is 5.76 Å². The molecule has 0 bridgehead atoms. The van der Waals surface area contributed by atoms with Gasteiger partial charge >= 0.3 is 6.18 Å². The zero-order chi connectivity index (χ0) is 19.6. The Morgan fingerprint density at radius 3 is 2.54 bits per heavy atom. The summed E-state index contributed by atoms with van der Waals surface area (Å²) in [6.45, 7) is 0. The number of allylic oxidation sites excluding steroid dienone is 1. The van der Waals surface area contributed by atoms with Crippen molar-refractivity contribution in [1.82, 2.24) is 10.1 Å². The number of benzene rings is 1. The summed E-state index contributed by atoms with van der Waals surface area (Å²) in [5.41, 5.74) is -2.19. The van der Waals surface area contributed by atoms with Gasteiger partial charge in [0, 0.05) is 20.3 Å². The van der Waals surface area contributed by atoms with Gasteiger partial charge in [-0.2, -0.15) is 18.4 Å². The molecule has 0 radical (unpaired) electrons. The van der Waals surface area contributed by atoms with Crippen LogP contribution in [0.5, 0.6) is 0 Å². The average Bonchev–Trinajstić information content (AvgIpc) is 2.94. The maximum absolute atomic E-state index is 14.1. The fraction of sp³-hybridized carbons (Fsp3) is 0.188. The van der Waals surface area contributed by atoms with E-state index in [1.807, 2.05) is 0 Å². The molecule has 0 saturated heterocycles. The summed E-state index contributed by atoms with van der Waals surface area (Å²) in [6, 6.07) is 5.25. The standard InChI is InChI=1S/C16H10ClF4N3O2/c1-24(2)7-9(15(25)16(19,20)21)14-8(6-22)13(23-26-14)12-10(17)4-3-5-11(12)18/h3-5,7H,1-2H3/b9-7-. The van der Waals surface area contributed by atoms with Crippen molar-refractivity contribution in [2.24, 2.45) is 0 Å². The van der Waals surface area contributed by atoms with Crippen LogP contribution in [0.1, 0.15) is 11.3 Å². The van der Waals surface area contributed by atoms with Gasteiger partial charge in [-0.05, 0) is 12.1 Å². The van der Waals surface area contributed by atoms with E-state index in [4.69, 9.17) is 16.1 Å². The van der Waals surface area contributed by atoms with Gasteiger partial charge in [0.05, 0.1) is 16.2 Å². The highest BCUT2D eigenvalue weighted by Gasteiger charge is 2.43. The molecule has 26 heavy (non-hydrogen) atoms. The Balaban J connectivity index is 2.73. The van der Waals surface area contributed by atoms with Crippen LogP contribution in [0.2, 0.25) is 5.02 Å². The van der Waals surface area contributed by atoms with Crippen LogP contribution < -0.4 is 0 Å². The number of halogens is 5. The van der Waals surface area contributed by atoms with Crippen molar-refractivity contribution in [2.45, 2.75) is 6.18 Å². The molecule has 0 aliphatic rings. The Morgan fingerprint density at radius 2 is 2.04 bits per heavy atom. The number of nitriles is 1. The molecule has 0 saturated carbocycles. The van der Waals surface area contributed by atoms with E-state index in [9.17, 15) is 27.6 Å². The van der Waals surface area contributed by atoms with Crippen molar-refractivity contribution in [2.75, 3.05) is 14.1 Å². The van der Waals surface area contributed by atoms with Crippen LogP contribution in [0.25, 0.3) is 16.8 Å². The molecule has 0 aliphatic heterocycles. The number of alkyl halides is 3. The minimum absolute atomic E-state index is 0.123. The van der Waals surface area contributed by atoms with Crippen molar-refractivity contribution in [3.05, 3.63) is 46.6 Å². The highest BCUT2D eigenvalue weighted by Crippen LogP contribution is 2.37. The van der Waals surface area contributed by atoms with Gasteiger partial charge in [-0.1, -0.05) is 22.8 Å². The third-order valence-corrected chi connectivity index (χ3v) is 3.45. The second-order valence-electron chi connectivity index (χ2n) is 5.28. The van der Waals surface area contributed by atoms with Crippen LogP contribution in [0.4, 0.5) is 17.6 Å². The van der Waals surface area contributed by atoms with Gasteiger partial charge in [0.25, 0.3) is 5.78 Å². The Labute approximate surface area is 150 Å². The average molecular weight is 388 g/mol. The first-order valence-corrected chi connectivity index (χ1v) is 7.30. The molecule has 0 unspecified atom stereocenters. The number of ketones is 1. The normalized spacial score (nSPS) is 12.0. The number of nitrogens with zero attached hydrogens (tertiary/aromatic N) is 3. The second kappa shape index (κ2) is 7.17. The van der Waals surface area contributed by atoms with Gasteiger partial charge < -0.3 is 9.42 Å². The van der Waals surface area contributed by atoms with Crippen molar-refractivity contribution in [3.63, 3.8) is 0 Å².